The van der Waals surface area contributed by atoms with Crippen molar-refractivity contribution in [3.63, 3.8) is 0 Å². The zero-order valence-electron chi connectivity index (χ0n) is 12.5. The lowest BCUT2D eigenvalue weighted by molar-refractivity contribution is 0.102. The smallest absolute Gasteiger partial charge is 0.257 e. The van der Waals surface area contributed by atoms with Crippen LogP contribution >= 0.6 is 45.9 Å². The molecule has 25 heavy (non-hydrogen) atoms. The normalized spacial score (nSPS) is 11.0. The Morgan fingerprint density at radius 1 is 1.04 bits per heavy atom. The fourth-order valence-corrected chi connectivity index (χ4v) is 4.48. The molecule has 0 atom stereocenters. The predicted octanol–water partition coefficient (Wildman–Crippen LogP) is 5.98. The fraction of sp³-hybridized carbons (Fsp3) is 0. The van der Waals surface area contributed by atoms with Crippen LogP contribution in [0.5, 0.6) is 0 Å². The molecule has 124 valence electrons. The topological polar surface area (TPSA) is 54.9 Å². The molecule has 0 bridgehead atoms. The summed E-state index contributed by atoms with van der Waals surface area (Å²) in [6.45, 7) is 0. The number of aromatic nitrogens is 2. The SMILES string of the molecule is O=C(Nc1nc(-c2nc3ccccc3s2)cs1)c1cc(Cl)cc(Cl)c1. The van der Waals surface area contributed by atoms with Crippen LogP contribution in [0.25, 0.3) is 20.9 Å². The van der Waals surface area contributed by atoms with Gasteiger partial charge in [-0.3, -0.25) is 10.1 Å². The van der Waals surface area contributed by atoms with E-state index in [-0.39, 0.29) is 5.91 Å². The minimum absolute atomic E-state index is 0.311. The molecule has 2 aromatic carbocycles. The van der Waals surface area contributed by atoms with Gasteiger partial charge >= 0.3 is 0 Å². The van der Waals surface area contributed by atoms with Crippen molar-refractivity contribution in [3.8, 4) is 10.7 Å². The summed E-state index contributed by atoms with van der Waals surface area (Å²) in [6, 6.07) is 12.6. The number of amides is 1. The predicted molar refractivity (Wildman–Crippen MR) is 105 cm³/mol. The van der Waals surface area contributed by atoms with E-state index in [0.29, 0.717) is 20.7 Å². The first-order valence-electron chi connectivity index (χ1n) is 7.17. The van der Waals surface area contributed by atoms with Crippen LogP contribution in [0.15, 0.2) is 47.8 Å². The summed E-state index contributed by atoms with van der Waals surface area (Å²) in [5.74, 6) is -0.311. The molecular formula is C17H9Cl2N3OS2. The van der Waals surface area contributed by atoms with Crippen molar-refractivity contribution in [2.45, 2.75) is 0 Å². The van der Waals surface area contributed by atoms with Crippen molar-refractivity contribution in [2.24, 2.45) is 0 Å². The number of anilines is 1. The highest BCUT2D eigenvalue weighted by atomic mass is 35.5. The van der Waals surface area contributed by atoms with E-state index in [1.807, 2.05) is 29.6 Å². The summed E-state index contributed by atoms with van der Waals surface area (Å²) in [5, 5.41) is 6.77. The minimum atomic E-state index is -0.311. The van der Waals surface area contributed by atoms with Gasteiger partial charge in [-0.25, -0.2) is 9.97 Å². The van der Waals surface area contributed by atoms with E-state index in [1.165, 1.54) is 11.3 Å². The maximum atomic E-state index is 12.3. The highest BCUT2D eigenvalue weighted by molar-refractivity contribution is 7.22. The molecule has 4 nitrogen and oxygen atoms in total. The minimum Gasteiger partial charge on any atom is -0.298 e. The summed E-state index contributed by atoms with van der Waals surface area (Å²) in [6.07, 6.45) is 0. The third-order valence-corrected chi connectivity index (χ3v) is 5.62. The molecule has 2 heterocycles. The van der Waals surface area contributed by atoms with Crippen LogP contribution in [0.4, 0.5) is 5.13 Å². The van der Waals surface area contributed by atoms with Crippen molar-refractivity contribution >= 4 is 67.1 Å². The average Bonchev–Trinajstić information content (AvgIpc) is 3.20. The molecule has 0 saturated heterocycles. The number of halogens is 2. The van der Waals surface area contributed by atoms with Gasteiger partial charge < -0.3 is 0 Å². The summed E-state index contributed by atoms with van der Waals surface area (Å²) >= 11 is 14.8. The van der Waals surface area contributed by atoms with Gasteiger partial charge in [0.05, 0.1) is 10.2 Å². The molecule has 2 aromatic heterocycles. The lowest BCUT2D eigenvalue weighted by Crippen LogP contribution is -2.11. The van der Waals surface area contributed by atoms with Crippen molar-refractivity contribution in [3.05, 3.63) is 63.5 Å². The second kappa shape index (κ2) is 6.72. The number of nitrogens with zero attached hydrogens (tertiary/aromatic N) is 2. The van der Waals surface area contributed by atoms with Crippen LogP contribution < -0.4 is 5.32 Å². The zero-order chi connectivity index (χ0) is 17.4. The molecule has 1 amide bonds. The van der Waals surface area contributed by atoms with E-state index < -0.39 is 0 Å². The van der Waals surface area contributed by atoms with Gasteiger partial charge in [-0.2, -0.15) is 0 Å². The van der Waals surface area contributed by atoms with Crippen LogP contribution in [0.2, 0.25) is 10.0 Å². The Hall–Kier alpha value is -1.99. The Kier molecular flexibility index (Phi) is 4.43. The summed E-state index contributed by atoms with van der Waals surface area (Å²) in [5.41, 5.74) is 2.06. The number of nitrogens with one attached hydrogen (secondary N) is 1. The third kappa shape index (κ3) is 3.52. The molecule has 0 saturated carbocycles. The van der Waals surface area contributed by atoms with Crippen molar-refractivity contribution in [1.29, 1.82) is 0 Å². The lowest BCUT2D eigenvalue weighted by atomic mass is 10.2. The summed E-state index contributed by atoms with van der Waals surface area (Å²) < 4.78 is 1.10. The molecule has 0 fully saturated rings. The number of hydrogen-bond acceptors (Lipinski definition) is 5. The van der Waals surface area contributed by atoms with Gasteiger partial charge in [0.15, 0.2) is 5.13 Å². The van der Waals surface area contributed by atoms with E-state index >= 15 is 0 Å². The van der Waals surface area contributed by atoms with E-state index in [0.717, 1.165) is 20.9 Å². The summed E-state index contributed by atoms with van der Waals surface area (Å²) in [7, 11) is 0. The van der Waals surface area contributed by atoms with E-state index in [2.05, 4.69) is 15.3 Å². The Labute approximate surface area is 161 Å². The lowest BCUT2D eigenvalue weighted by Gasteiger charge is -2.03. The average molecular weight is 406 g/mol. The van der Waals surface area contributed by atoms with Crippen LogP contribution in [0, 0.1) is 0 Å². The standard InChI is InChI=1S/C17H9Cl2N3OS2/c18-10-5-9(6-11(19)7-10)15(23)22-17-21-13(8-24-17)16-20-12-3-1-2-4-14(12)25-16/h1-8H,(H,21,22,23). The molecule has 0 spiro atoms. The number of fused-ring (bicyclic) bond motifs is 1. The van der Waals surface area contributed by atoms with Gasteiger partial charge in [-0.15, -0.1) is 22.7 Å². The molecular weight excluding hydrogens is 397 g/mol. The Balaban J connectivity index is 1.57. The van der Waals surface area contributed by atoms with Crippen LogP contribution in [-0.2, 0) is 0 Å². The maximum Gasteiger partial charge on any atom is 0.257 e. The maximum absolute atomic E-state index is 12.3. The fourth-order valence-electron chi connectivity index (χ4n) is 2.27. The molecule has 0 unspecified atom stereocenters. The Morgan fingerprint density at radius 3 is 2.56 bits per heavy atom. The van der Waals surface area contributed by atoms with Crippen LogP contribution in [0.3, 0.4) is 0 Å². The highest BCUT2D eigenvalue weighted by Gasteiger charge is 2.13. The Morgan fingerprint density at radius 2 is 1.80 bits per heavy atom. The van der Waals surface area contributed by atoms with Gasteiger partial charge in [0, 0.05) is 21.0 Å². The van der Waals surface area contributed by atoms with Gasteiger partial charge in [0.2, 0.25) is 0 Å². The summed E-state index contributed by atoms with van der Waals surface area (Å²) in [4.78, 5) is 21.4. The van der Waals surface area contributed by atoms with Crippen molar-refractivity contribution in [1.82, 2.24) is 9.97 Å². The number of rotatable bonds is 3. The van der Waals surface area contributed by atoms with Gasteiger partial charge in [0.25, 0.3) is 5.91 Å². The Bertz CT molecular complexity index is 1040. The van der Waals surface area contributed by atoms with E-state index in [1.54, 1.807) is 29.5 Å². The molecule has 4 aromatic rings. The number of hydrogen-bond donors (Lipinski definition) is 1. The molecule has 0 aliphatic rings. The second-order valence-electron chi connectivity index (χ2n) is 5.14. The third-order valence-electron chi connectivity index (χ3n) is 3.36. The van der Waals surface area contributed by atoms with Gasteiger partial charge in [-0.1, -0.05) is 35.3 Å². The van der Waals surface area contributed by atoms with Gasteiger partial charge in [-0.05, 0) is 30.3 Å². The molecule has 4 rings (SSSR count). The van der Waals surface area contributed by atoms with Crippen molar-refractivity contribution in [2.75, 3.05) is 5.32 Å². The molecule has 0 aliphatic heterocycles. The monoisotopic (exact) mass is 405 g/mol. The molecule has 0 aliphatic carbocycles. The number of carbonyl (C=O) groups is 1. The number of benzene rings is 2. The van der Waals surface area contributed by atoms with E-state index in [9.17, 15) is 4.79 Å². The number of para-hydroxylation sites is 1. The van der Waals surface area contributed by atoms with E-state index in [4.69, 9.17) is 23.2 Å². The largest absolute Gasteiger partial charge is 0.298 e. The van der Waals surface area contributed by atoms with Crippen LogP contribution in [-0.4, -0.2) is 15.9 Å². The highest BCUT2D eigenvalue weighted by Crippen LogP contribution is 2.32. The van der Waals surface area contributed by atoms with Crippen molar-refractivity contribution < 1.29 is 4.79 Å². The molecule has 0 radical (unpaired) electrons. The van der Waals surface area contributed by atoms with Crippen LogP contribution in [0.1, 0.15) is 10.4 Å². The molecule has 1 N–H and O–H groups in total. The second-order valence-corrected chi connectivity index (χ2v) is 7.90. The first-order valence-corrected chi connectivity index (χ1v) is 9.62. The number of carbonyl (C=O) groups excluding carboxylic acids is 1. The number of thiazole rings is 2. The first kappa shape index (κ1) is 16.5. The van der Waals surface area contributed by atoms with Gasteiger partial charge in [0.1, 0.15) is 10.7 Å². The quantitative estimate of drug-likeness (QED) is 0.455. The zero-order valence-corrected chi connectivity index (χ0v) is 15.6. The first-order chi connectivity index (χ1) is 12.1. The molecule has 8 heteroatoms.